The summed E-state index contributed by atoms with van der Waals surface area (Å²) in [6.07, 6.45) is 1.88. The SMILES string of the molecule is CC(C)N(CCC#N)c1ncnc(N)c1Br. The Hall–Kier alpha value is -1.35. The van der Waals surface area contributed by atoms with Crippen molar-refractivity contribution in [3.8, 4) is 6.07 Å². The minimum absolute atomic E-state index is 0.249. The number of hydrogen-bond donors (Lipinski definition) is 1. The fourth-order valence-electron chi connectivity index (χ4n) is 1.35. The molecule has 1 rings (SSSR count). The second-order valence-corrected chi connectivity index (χ2v) is 4.38. The number of aromatic nitrogens is 2. The van der Waals surface area contributed by atoms with Gasteiger partial charge in [0.05, 0.1) is 12.5 Å². The first-order chi connectivity index (χ1) is 7.57. The summed E-state index contributed by atoms with van der Waals surface area (Å²) in [5.74, 6) is 1.14. The summed E-state index contributed by atoms with van der Waals surface area (Å²) in [7, 11) is 0. The van der Waals surface area contributed by atoms with E-state index < -0.39 is 0 Å². The lowest BCUT2D eigenvalue weighted by Crippen LogP contribution is -2.32. The molecule has 2 N–H and O–H groups in total. The lowest BCUT2D eigenvalue weighted by molar-refractivity contribution is 0.674. The van der Waals surface area contributed by atoms with Gasteiger partial charge in [-0.05, 0) is 29.8 Å². The van der Waals surface area contributed by atoms with Crippen molar-refractivity contribution in [2.45, 2.75) is 26.3 Å². The maximum absolute atomic E-state index is 8.62. The predicted molar refractivity (Wildman–Crippen MR) is 66.9 cm³/mol. The van der Waals surface area contributed by atoms with Gasteiger partial charge in [0.1, 0.15) is 22.4 Å². The van der Waals surface area contributed by atoms with Crippen LogP contribution in [0.4, 0.5) is 11.6 Å². The summed E-state index contributed by atoms with van der Waals surface area (Å²) in [6.45, 7) is 4.72. The van der Waals surface area contributed by atoms with E-state index in [9.17, 15) is 0 Å². The molecular formula is C10H14BrN5. The topological polar surface area (TPSA) is 78.8 Å². The monoisotopic (exact) mass is 283 g/mol. The Morgan fingerprint density at radius 3 is 2.81 bits per heavy atom. The Morgan fingerprint density at radius 1 is 1.56 bits per heavy atom. The Morgan fingerprint density at radius 2 is 2.25 bits per heavy atom. The van der Waals surface area contributed by atoms with Crippen LogP contribution < -0.4 is 10.6 Å². The summed E-state index contributed by atoms with van der Waals surface area (Å²) in [4.78, 5) is 10.1. The highest BCUT2D eigenvalue weighted by molar-refractivity contribution is 9.10. The van der Waals surface area contributed by atoms with Crippen LogP contribution in [0.25, 0.3) is 0 Å². The molecule has 16 heavy (non-hydrogen) atoms. The van der Waals surface area contributed by atoms with Gasteiger partial charge in [-0.3, -0.25) is 0 Å². The van der Waals surface area contributed by atoms with Gasteiger partial charge in [0.25, 0.3) is 0 Å². The van der Waals surface area contributed by atoms with Crippen molar-refractivity contribution in [3.63, 3.8) is 0 Å². The van der Waals surface area contributed by atoms with Gasteiger partial charge in [0.2, 0.25) is 0 Å². The fourth-order valence-corrected chi connectivity index (χ4v) is 1.79. The zero-order valence-electron chi connectivity index (χ0n) is 9.31. The standard InChI is InChI=1S/C10H14BrN5/c1-7(2)16(5-3-4-12)10-8(11)9(13)14-6-15-10/h6-7H,3,5H2,1-2H3,(H2,13,14,15). The number of nitrogen functional groups attached to an aromatic ring is 1. The van der Waals surface area contributed by atoms with Gasteiger partial charge in [-0.25, -0.2) is 9.97 Å². The van der Waals surface area contributed by atoms with Crippen LogP contribution in [0, 0.1) is 11.3 Å². The molecule has 0 amide bonds. The van der Waals surface area contributed by atoms with E-state index in [0.29, 0.717) is 23.3 Å². The van der Waals surface area contributed by atoms with Crippen LogP contribution in [0.2, 0.25) is 0 Å². The van der Waals surface area contributed by atoms with E-state index in [0.717, 1.165) is 5.82 Å². The summed E-state index contributed by atoms with van der Waals surface area (Å²) in [5.41, 5.74) is 5.70. The average Bonchev–Trinajstić information content (AvgIpc) is 2.24. The van der Waals surface area contributed by atoms with Crippen LogP contribution in [0.1, 0.15) is 20.3 Å². The molecule has 0 saturated carbocycles. The van der Waals surface area contributed by atoms with Gasteiger partial charge in [-0.1, -0.05) is 0 Å². The third-order valence-electron chi connectivity index (χ3n) is 2.16. The molecule has 1 heterocycles. The molecule has 5 nitrogen and oxygen atoms in total. The number of nitrogens with two attached hydrogens (primary N) is 1. The van der Waals surface area contributed by atoms with E-state index in [1.165, 1.54) is 6.33 Å². The molecule has 0 aliphatic heterocycles. The van der Waals surface area contributed by atoms with E-state index in [4.69, 9.17) is 11.0 Å². The van der Waals surface area contributed by atoms with Gasteiger partial charge in [0, 0.05) is 12.6 Å². The molecule has 1 aromatic rings. The van der Waals surface area contributed by atoms with Crippen LogP contribution in [-0.2, 0) is 0 Å². The second kappa shape index (κ2) is 5.66. The van der Waals surface area contributed by atoms with Crippen LogP contribution in [0.3, 0.4) is 0 Å². The normalized spacial score (nSPS) is 10.2. The molecule has 0 saturated heterocycles. The molecule has 86 valence electrons. The largest absolute Gasteiger partial charge is 0.383 e. The Labute approximate surface area is 103 Å². The molecule has 0 radical (unpaired) electrons. The molecule has 0 bridgehead atoms. The molecule has 0 aliphatic rings. The molecule has 1 aromatic heterocycles. The molecule has 0 unspecified atom stereocenters. The van der Waals surface area contributed by atoms with E-state index in [1.807, 2.05) is 18.7 Å². The third-order valence-corrected chi connectivity index (χ3v) is 2.92. The van der Waals surface area contributed by atoms with Crippen LogP contribution in [-0.4, -0.2) is 22.6 Å². The quantitative estimate of drug-likeness (QED) is 0.914. The van der Waals surface area contributed by atoms with Gasteiger partial charge >= 0.3 is 0 Å². The summed E-state index contributed by atoms with van der Waals surface area (Å²) in [6, 6.07) is 2.37. The Kier molecular flexibility index (Phi) is 4.50. The first kappa shape index (κ1) is 12.7. The highest BCUT2D eigenvalue weighted by Crippen LogP contribution is 2.28. The van der Waals surface area contributed by atoms with Gasteiger partial charge in [-0.2, -0.15) is 5.26 Å². The number of nitrogens with zero attached hydrogens (tertiary/aromatic N) is 4. The van der Waals surface area contributed by atoms with Crippen molar-refractivity contribution in [1.82, 2.24) is 9.97 Å². The fraction of sp³-hybridized carbons (Fsp3) is 0.500. The lowest BCUT2D eigenvalue weighted by atomic mass is 10.3. The average molecular weight is 284 g/mol. The minimum atomic E-state index is 0.249. The second-order valence-electron chi connectivity index (χ2n) is 3.59. The predicted octanol–water partition coefficient (Wildman–Crippen LogP) is 1.95. The van der Waals surface area contributed by atoms with Crippen molar-refractivity contribution in [1.29, 1.82) is 5.26 Å². The lowest BCUT2D eigenvalue weighted by Gasteiger charge is -2.27. The van der Waals surface area contributed by atoms with Crippen LogP contribution >= 0.6 is 15.9 Å². The van der Waals surface area contributed by atoms with Gasteiger partial charge < -0.3 is 10.6 Å². The van der Waals surface area contributed by atoms with Crippen molar-refractivity contribution < 1.29 is 0 Å². The summed E-state index contributed by atoms with van der Waals surface area (Å²) >= 11 is 3.37. The third kappa shape index (κ3) is 2.83. The van der Waals surface area contributed by atoms with Crippen molar-refractivity contribution in [3.05, 3.63) is 10.8 Å². The Balaban J connectivity index is 3.02. The number of hydrogen-bond acceptors (Lipinski definition) is 5. The maximum atomic E-state index is 8.62. The van der Waals surface area contributed by atoms with Crippen molar-refractivity contribution >= 4 is 27.6 Å². The summed E-state index contributed by atoms with van der Waals surface area (Å²) < 4.78 is 0.682. The number of halogens is 1. The van der Waals surface area contributed by atoms with E-state index >= 15 is 0 Å². The Bertz CT molecular complexity index is 399. The molecule has 0 aliphatic carbocycles. The maximum Gasteiger partial charge on any atom is 0.148 e. The molecule has 0 fully saturated rings. The summed E-state index contributed by atoms with van der Waals surface area (Å²) in [5, 5.41) is 8.62. The van der Waals surface area contributed by atoms with E-state index in [-0.39, 0.29) is 6.04 Å². The highest BCUT2D eigenvalue weighted by atomic mass is 79.9. The first-order valence-electron chi connectivity index (χ1n) is 4.97. The van der Waals surface area contributed by atoms with Crippen molar-refractivity contribution in [2.75, 3.05) is 17.2 Å². The number of nitriles is 1. The minimum Gasteiger partial charge on any atom is -0.383 e. The zero-order chi connectivity index (χ0) is 12.1. The first-order valence-corrected chi connectivity index (χ1v) is 5.76. The molecule has 0 spiro atoms. The van der Waals surface area contributed by atoms with Gasteiger partial charge in [-0.15, -0.1) is 0 Å². The van der Waals surface area contributed by atoms with Gasteiger partial charge in [0.15, 0.2) is 0 Å². The molecule has 6 heteroatoms. The zero-order valence-corrected chi connectivity index (χ0v) is 10.9. The smallest absolute Gasteiger partial charge is 0.148 e. The molecule has 0 aromatic carbocycles. The molecular weight excluding hydrogens is 270 g/mol. The van der Waals surface area contributed by atoms with E-state index in [1.54, 1.807) is 0 Å². The van der Waals surface area contributed by atoms with Crippen LogP contribution in [0.5, 0.6) is 0 Å². The number of rotatable bonds is 4. The van der Waals surface area contributed by atoms with Crippen molar-refractivity contribution in [2.24, 2.45) is 0 Å². The van der Waals surface area contributed by atoms with Crippen LogP contribution in [0.15, 0.2) is 10.8 Å². The molecule has 0 atom stereocenters. The highest BCUT2D eigenvalue weighted by Gasteiger charge is 2.16. The van der Waals surface area contributed by atoms with E-state index in [2.05, 4.69) is 32.0 Å². The number of anilines is 2.